The quantitative estimate of drug-likeness (QED) is 0.868. The molecule has 0 saturated carbocycles. The molecule has 4 rings (SSSR count). The first-order valence-electron chi connectivity index (χ1n) is 9.03. The van der Waals surface area contributed by atoms with E-state index in [9.17, 15) is 5.26 Å². The number of benzene rings is 1. The maximum Gasteiger partial charge on any atom is 0.213 e. The van der Waals surface area contributed by atoms with Crippen LogP contribution >= 0.6 is 0 Å². The molecule has 27 heavy (non-hydrogen) atoms. The summed E-state index contributed by atoms with van der Waals surface area (Å²) in [5.41, 5.74) is 13.1. The Morgan fingerprint density at radius 2 is 2.11 bits per heavy atom. The van der Waals surface area contributed by atoms with Crippen molar-refractivity contribution >= 4 is 0 Å². The van der Waals surface area contributed by atoms with E-state index in [1.165, 1.54) is 0 Å². The molecule has 1 aromatic carbocycles. The van der Waals surface area contributed by atoms with Gasteiger partial charge in [0.1, 0.15) is 11.6 Å². The van der Waals surface area contributed by atoms with Gasteiger partial charge in [-0.25, -0.2) is 10.4 Å². The molecule has 0 amide bonds. The van der Waals surface area contributed by atoms with E-state index < -0.39 is 0 Å². The van der Waals surface area contributed by atoms with Crippen LogP contribution in [0.15, 0.2) is 65.9 Å². The lowest BCUT2D eigenvalue weighted by Gasteiger charge is -2.28. The standard InChI is InChI=1S/C20H22N6O/c1-3-4-16-18-17(15(11-21)19(22)27-20(18)25(2)24-16)13-5-7-14(8-6-13)26-10-9-23-12-26/h5-10,12,16-17,24H,3-4,22H2,1-2H3. The lowest BCUT2D eigenvalue weighted by atomic mass is 9.80. The molecule has 0 aliphatic carbocycles. The van der Waals surface area contributed by atoms with E-state index in [4.69, 9.17) is 10.5 Å². The van der Waals surface area contributed by atoms with Crippen LogP contribution in [-0.4, -0.2) is 27.6 Å². The highest BCUT2D eigenvalue weighted by atomic mass is 16.5. The molecule has 3 heterocycles. The second-order valence-electron chi connectivity index (χ2n) is 6.78. The van der Waals surface area contributed by atoms with Gasteiger partial charge in [-0.15, -0.1) is 0 Å². The van der Waals surface area contributed by atoms with Gasteiger partial charge in [-0.2, -0.15) is 5.26 Å². The van der Waals surface area contributed by atoms with Gasteiger partial charge >= 0.3 is 0 Å². The average molecular weight is 362 g/mol. The van der Waals surface area contributed by atoms with E-state index in [0.717, 1.165) is 29.7 Å². The van der Waals surface area contributed by atoms with E-state index >= 15 is 0 Å². The molecule has 2 aromatic rings. The van der Waals surface area contributed by atoms with E-state index in [-0.39, 0.29) is 17.8 Å². The zero-order valence-corrected chi connectivity index (χ0v) is 15.4. The highest BCUT2D eigenvalue weighted by molar-refractivity contribution is 5.52. The molecule has 0 spiro atoms. The second kappa shape index (κ2) is 6.82. The van der Waals surface area contributed by atoms with Crippen molar-refractivity contribution in [2.24, 2.45) is 5.73 Å². The number of rotatable bonds is 4. The van der Waals surface area contributed by atoms with Crippen LogP contribution in [0.4, 0.5) is 0 Å². The normalized spacial score (nSPS) is 21.9. The summed E-state index contributed by atoms with van der Waals surface area (Å²) in [5, 5.41) is 11.6. The summed E-state index contributed by atoms with van der Waals surface area (Å²) in [6.07, 6.45) is 7.38. The predicted molar refractivity (Wildman–Crippen MR) is 101 cm³/mol. The van der Waals surface area contributed by atoms with Crippen LogP contribution in [0, 0.1) is 11.3 Å². The van der Waals surface area contributed by atoms with Crippen LogP contribution in [0.25, 0.3) is 5.69 Å². The summed E-state index contributed by atoms with van der Waals surface area (Å²) < 4.78 is 7.75. The summed E-state index contributed by atoms with van der Waals surface area (Å²) in [4.78, 5) is 4.09. The maximum absolute atomic E-state index is 9.76. The van der Waals surface area contributed by atoms with Crippen molar-refractivity contribution in [3.63, 3.8) is 0 Å². The monoisotopic (exact) mass is 362 g/mol. The number of allylic oxidation sites excluding steroid dienone is 1. The van der Waals surface area contributed by atoms with Gasteiger partial charge in [-0.1, -0.05) is 25.5 Å². The minimum absolute atomic E-state index is 0.116. The first-order chi connectivity index (χ1) is 13.1. The van der Waals surface area contributed by atoms with Gasteiger partial charge in [-0.3, -0.25) is 5.01 Å². The van der Waals surface area contributed by atoms with Crippen LogP contribution in [0.5, 0.6) is 0 Å². The van der Waals surface area contributed by atoms with Crippen LogP contribution in [0.3, 0.4) is 0 Å². The third-order valence-corrected chi connectivity index (χ3v) is 5.08. The van der Waals surface area contributed by atoms with Gasteiger partial charge in [0.05, 0.1) is 18.3 Å². The van der Waals surface area contributed by atoms with Crippen molar-refractivity contribution in [2.45, 2.75) is 31.7 Å². The Hall–Kier alpha value is -3.24. The summed E-state index contributed by atoms with van der Waals surface area (Å²) in [7, 11) is 1.91. The highest BCUT2D eigenvalue weighted by Gasteiger charge is 2.42. The molecule has 1 aromatic heterocycles. The third kappa shape index (κ3) is 2.84. The van der Waals surface area contributed by atoms with E-state index in [1.54, 1.807) is 12.5 Å². The summed E-state index contributed by atoms with van der Waals surface area (Å²) >= 11 is 0. The molecular weight excluding hydrogens is 340 g/mol. The predicted octanol–water partition coefficient (Wildman–Crippen LogP) is 2.51. The average Bonchev–Trinajstić information content (AvgIpc) is 3.30. The fraction of sp³-hybridized carbons (Fsp3) is 0.300. The van der Waals surface area contributed by atoms with Gasteiger partial charge in [0, 0.05) is 30.7 Å². The number of nitrogens with one attached hydrogen (secondary N) is 1. The fourth-order valence-electron chi connectivity index (χ4n) is 3.84. The molecule has 0 bridgehead atoms. The topological polar surface area (TPSA) is 92.1 Å². The lowest BCUT2D eigenvalue weighted by Crippen LogP contribution is -2.35. The van der Waals surface area contributed by atoms with Crippen molar-refractivity contribution < 1.29 is 4.74 Å². The van der Waals surface area contributed by atoms with Crippen molar-refractivity contribution in [1.29, 1.82) is 5.26 Å². The Morgan fingerprint density at radius 1 is 1.33 bits per heavy atom. The van der Waals surface area contributed by atoms with Crippen molar-refractivity contribution in [3.8, 4) is 11.8 Å². The molecule has 138 valence electrons. The minimum Gasteiger partial charge on any atom is -0.423 e. The van der Waals surface area contributed by atoms with Crippen molar-refractivity contribution in [2.75, 3.05) is 7.05 Å². The van der Waals surface area contributed by atoms with Gasteiger partial charge in [0.2, 0.25) is 11.8 Å². The van der Waals surface area contributed by atoms with Crippen LogP contribution in [0.2, 0.25) is 0 Å². The molecule has 7 heteroatoms. The fourth-order valence-corrected chi connectivity index (χ4v) is 3.84. The van der Waals surface area contributed by atoms with E-state index in [2.05, 4.69) is 23.4 Å². The zero-order chi connectivity index (χ0) is 19.0. The highest BCUT2D eigenvalue weighted by Crippen LogP contribution is 2.44. The van der Waals surface area contributed by atoms with Crippen LogP contribution in [0.1, 0.15) is 31.2 Å². The third-order valence-electron chi connectivity index (χ3n) is 5.08. The summed E-state index contributed by atoms with van der Waals surface area (Å²) in [5.74, 6) is 0.656. The molecule has 2 aliphatic rings. The van der Waals surface area contributed by atoms with E-state index in [0.29, 0.717) is 11.5 Å². The largest absolute Gasteiger partial charge is 0.423 e. The zero-order valence-electron chi connectivity index (χ0n) is 15.4. The number of ether oxygens (including phenoxy) is 1. The van der Waals surface area contributed by atoms with Crippen LogP contribution < -0.4 is 11.2 Å². The molecule has 0 radical (unpaired) electrons. The van der Waals surface area contributed by atoms with E-state index in [1.807, 2.05) is 47.1 Å². The summed E-state index contributed by atoms with van der Waals surface area (Å²) in [6, 6.07) is 10.5. The summed E-state index contributed by atoms with van der Waals surface area (Å²) in [6.45, 7) is 2.15. The molecule has 7 nitrogen and oxygen atoms in total. The molecule has 2 unspecified atom stereocenters. The first-order valence-corrected chi connectivity index (χ1v) is 9.03. The Balaban J connectivity index is 1.78. The number of nitrogens with zero attached hydrogens (tertiary/aromatic N) is 4. The number of imidazole rings is 1. The Bertz CT molecular complexity index is 936. The minimum atomic E-state index is -0.218. The van der Waals surface area contributed by atoms with Crippen molar-refractivity contribution in [3.05, 3.63) is 71.5 Å². The molecule has 2 aliphatic heterocycles. The van der Waals surface area contributed by atoms with Crippen LogP contribution in [-0.2, 0) is 4.74 Å². The molecule has 3 N–H and O–H groups in total. The van der Waals surface area contributed by atoms with Gasteiger partial charge in [0.15, 0.2) is 0 Å². The Morgan fingerprint density at radius 3 is 2.74 bits per heavy atom. The molecule has 2 atom stereocenters. The number of hydrogen-bond acceptors (Lipinski definition) is 6. The lowest BCUT2D eigenvalue weighted by molar-refractivity contribution is 0.152. The molecule has 0 saturated heterocycles. The molecular formula is C20H22N6O. The second-order valence-corrected chi connectivity index (χ2v) is 6.78. The smallest absolute Gasteiger partial charge is 0.213 e. The molecule has 0 fully saturated rings. The number of nitriles is 1. The number of aromatic nitrogens is 2. The van der Waals surface area contributed by atoms with Gasteiger partial charge in [-0.05, 0) is 24.1 Å². The van der Waals surface area contributed by atoms with Gasteiger partial charge < -0.3 is 15.0 Å². The van der Waals surface area contributed by atoms with Crippen molar-refractivity contribution in [1.82, 2.24) is 20.0 Å². The number of hydrogen-bond donors (Lipinski definition) is 2. The number of hydrazine groups is 1. The SMILES string of the molecule is CCCC1NN(C)C2=C1C(c1ccc(-n3ccnc3)cc1)C(C#N)=C(N)O2. The van der Waals surface area contributed by atoms with Gasteiger partial charge in [0.25, 0.3) is 0 Å². The maximum atomic E-state index is 9.76. The number of nitrogens with two attached hydrogens (primary N) is 1. The Labute approximate surface area is 158 Å². The Kier molecular flexibility index (Phi) is 4.34. The first kappa shape index (κ1) is 17.2.